The Morgan fingerprint density at radius 2 is 2.20 bits per heavy atom. The maximum atomic E-state index is 12.0. The van der Waals surface area contributed by atoms with E-state index in [1.54, 1.807) is 6.07 Å². The van der Waals surface area contributed by atoms with Gasteiger partial charge in [0.2, 0.25) is 5.91 Å². The molecular formula is C15H18N2O3. The van der Waals surface area contributed by atoms with Crippen LogP contribution in [0.25, 0.3) is 0 Å². The second kappa shape index (κ2) is 4.90. The smallest absolute Gasteiger partial charge is 0.253 e. The topological polar surface area (TPSA) is 78.4 Å². The molecule has 3 rings (SSSR count). The van der Waals surface area contributed by atoms with E-state index in [0.29, 0.717) is 5.56 Å². The van der Waals surface area contributed by atoms with E-state index in [9.17, 15) is 9.59 Å². The Bertz CT molecular complexity index is 570. The summed E-state index contributed by atoms with van der Waals surface area (Å²) < 4.78 is 0. The van der Waals surface area contributed by atoms with E-state index < -0.39 is 0 Å². The second-order valence-corrected chi connectivity index (χ2v) is 5.61. The predicted molar refractivity (Wildman–Crippen MR) is 73.1 cm³/mol. The van der Waals surface area contributed by atoms with Crippen LogP contribution in [0.3, 0.4) is 0 Å². The number of aliphatic hydroxyl groups is 1. The van der Waals surface area contributed by atoms with Crippen LogP contribution in [0.15, 0.2) is 18.2 Å². The van der Waals surface area contributed by atoms with E-state index in [1.807, 2.05) is 12.1 Å². The van der Waals surface area contributed by atoms with Crippen molar-refractivity contribution >= 4 is 11.8 Å². The maximum Gasteiger partial charge on any atom is 0.253 e. The zero-order chi connectivity index (χ0) is 14.2. The molecule has 5 heteroatoms. The first-order valence-electron chi connectivity index (χ1n) is 6.94. The summed E-state index contributed by atoms with van der Waals surface area (Å²) in [6.45, 7) is 0.407. The van der Waals surface area contributed by atoms with Crippen molar-refractivity contribution in [1.82, 2.24) is 10.6 Å². The van der Waals surface area contributed by atoms with Gasteiger partial charge in [0.05, 0.1) is 5.41 Å². The molecule has 0 radical (unpaired) electrons. The fraction of sp³-hybridized carbons (Fsp3) is 0.467. The third kappa shape index (κ3) is 2.08. The fourth-order valence-corrected chi connectivity index (χ4v) is 3.30. The summed E-state index contributed by atoms with van der Waals surface area (Å²) in [6, 6.07) is 5.57. The maximum absolute atomic E-state index is 12.0. The third-order valence-corrected chi connectivity index (χ3v) is 4.48. The molecule has 0 bridgehead atoms. The molecule has 0 unspecified atom stereocenters. The molecule has 2 aliphatic rings. The minimum Gasteiger partial charge on any atom is -0.376 e. The van der Waals surface area contributed by atoms with E-state index in [4.69, 9.17) is 5.11 Å². The molecule has 5 nitrogen and oxygen atoms in total. The average Bonchev–Trinajstić information content (AvgIpc) is 2.79. The number of benzene rings is 1. The summed E-state index contributed by atoms with van der Waals surface area (Å²) in [4.78, 5) is 23.7. The third-order valence-electron chi connectivity index (χ3n) is 4.48. The van der Waals surface area contributed by atoms with Crippen molar-refractivity contribution in [3.8, 4) is 0 Å². The molecule has 20 heavy (non-hydrogen) atoms. The molecule has 1 atom stereocenters. The number of amides is 2. The van der Waals surface area contributed by atoms with Crippen LogP contribution in [0, 0.1) is 5.41 Å². The molecule has 1 fully saturated rings. The molecule has 2 amide bonds. The first-order valence-corrected chi connectivity index (χ1v) is 6.94. The van der Waals surface area contributed by atoms with Gasteiger partial charge in [0, 0.05) is 12.1 Å². The SMILES string of the molecule is O=C(NCO)c1ccc2c(c1)CC[C@]1(CCNC1=O)C2. The molecule has 1 saturated heterocycles. The largest absolute Gasteiger partial charge is 0.376 e. The van der Waals surface area contributed by atoms with Crippen LogP contribution in [0.5, 0.6) is 0 Å². The van der Waals surface area contributed by atoms with Crippen LogP contribution in [0.4, 0.5) is 0 Å². The fourth-order valence-electron chi connectivity index (χ4n) is 3.30. The van der Waals surface area contributed by atoms with Gasteiger partial charge in [-0.1, -0.05) is 6.07 Å². The quantitative estimate of drug-likeness (QED) is 0.681. The van der Waals surface area contributed by atoms with Crippen molar-refractivity contribution in [3.63, 3.8) is 0 Å². The lowest BCUT2D eigenvalue weighted by molar-refractivity contribution is -0.128. The molecule has 1 spiro atoms. The van der Waals surface area contributed by atoms with E-state index in [-0.39, 0.29) is 24.0 Å². The molecule has 3 N–H and O–H groups in total. The van der Waals surface area contributed by atoms with Crippen LogP contribution in [-0.4, -0.2) is 30.2 Å². The molecule has 1 heterocycles. The van der Waals surface area contributed by atoms with Gasteiger partial charge in [0.15, 0.2) is 0 Å². The number of rotatable bonds is 2. The van der Waals surface area contributed by atoms with Crippen molar-refractivity contribution in [2.45, 2.75) is 25.7 Å². The number of aliphatic hydroxyl groups excluding tert-OH is 1. The summed E-state index contributed by atoms with van der Waals surface area (Å²) >= 11 is 0. The van der Waals surface area contributed by atoms with E-state index >= 15 is 0 Å². The van der Waals surface area contributed by atoms with E-state index in [2.05, 4.69) is 10.6 Å². The van der Waals surface area contributed by atoms with Crippen LogP contribution >= 0.6 is 0 Å². The molecule has 1 aromatic carbocycles. The van der Waals surface area contributed by atoms with Crippen molar-refractivity contribution < 1.29 is 14.7 Å². The van der Waals surface area contributed by atoms with E-state index in [1.165, 1.54) is 0 Å². The van der Waals surface area contributed by atoms with Crippen LogP contribution < -0.4 is 10.6 Å². The lowest BCUT2D eigenvalue weighted by atomic mass is 9.70. The number of fused-ring (bicyclic) bond motifs is 1. The highest BCUT2D eigenvalue weighted by Crippen LogP contribution is 2.41. The number of carbonyl (C=O) groups is 2. The van der Waals surface area contributed by atoms with Gasteiger partial charge < -0.3 is 15.7 Å². The molecule has 0 saturated carbocycles. The summed E-state index contributed by atoms with van der Waals surface area (Å²) in [7, 11) is 0. The van der Waals surface area contributed by atoms with Gasteiger partial charge >= 0.3 is 0 Å². The Morgan fingerprint density at radius 1 is 1.35 bits per heavy atom. The number of aryl methyl sites for hydroxylation is 1. The van der Waals surface area contributed by atoms with Gasteiger partial charge in [0.25, 0.3) is 5.91 Å². The molecular weight excluding hydrogens is 256 g/mol. The van der Waals surface area contributed by atoms with Gasteiger partial charge in [0.1, 0.15) is 6.73 Å². The van der Waals surface area contributed by atoms with Gasteiger partial charge in [-0.3, -0.25) is 9.59 Å². The average molecular weight is 274 g/mol. The number of nitrogens with one attached hydrogen (secondary N) is 2. The highest BCUT2D eigenvalue weighted by molar-refractivity contribution is 5.94. The standard InChI is InChI=1S/C15H18N2O3/c18-9-17-13(19)11-1-2-12-8-15(4-3-10(12)7-11)5-6-16-14(15)20/h1-2,7,18H,3-6,8-9H2,(H,16,20)(H,17,19)/t15-/m0/s1. The van der Waals surface area contributed by atoms with Crippen molar-refractivity contribution in [2.75, 3.05) is 13.3 Å². The van der Waals surface area contributed by atoms with Gasteiger partial charge in [-0.05, 0) is 48.9 Å². The highest BCUT2D eigenvalue weighted by Gasteiger charge is 2.44. The highest BCUT2D eigenvalue weighted by atomic mass is 16.3. The number of hydrogen-bond acceptors (Lipinski definition) is 3. The molecule has 1 aliphatic carbocycles. The Hall–Kier alpha value is -1.88. The van der Waals surface area contributed by atoms with Gasteiger partial charge in [-0.2, -0.15) is 0 Å². The summed E-state index contributed by atoms with van der Waals surface area (Å²) in [5.74, 6) is -0.0977. The minimum absolute atomic E-state index is 0.172. The van der Waals surface area contributed by atoms with Crippen LogP contribution in [0.2, 0.25) is 0 Å². The summed E-state index contributed by atoms with van der Waals surface area (Å²) in [5.41, 5.74) is 2.63. The zero-order valence-corrected chi connectivity index (χ0v) is 11.2. The Labute approximate surface area is 117 Å². The van der Waals surface area contributed by atoms with Crippen LogP contribution in [-0.2, 0) is 17.6 Å². The first-order chi connectivity index (χ1) is 9.64. The number of hydrogen-bond donors (Lipinski definition) is 3. The Kier molecular flexibility index (Phi) is 3.22. The molecule has 1 aromatic rings. The van der Waals surface area contributed by atoms with Crippen molar-refractivity contribution in [3.05, 3.63) is 34.9 Å². The zero-order valence-electron chi connectivity index (χ0n) is 11.2. The van der Waals surface area contributed by atoms with E-state index in [0.717, 1.165) is 43.4 Å². The summed E-state index contributed by atoms with van der Waals surface area (Å²) in [6.07, 6.45) is 3.33. The molecule has 1 aliphatic heterocycles. The Morgan fingerprint density at radius 3 is 2.90 bits per heavy atom. The predicted octanol–water partition coefficient (Wildman–Crippen LogP) is 0.361. The second-order valence-electron chi connectivity index (χ2n) is 5.61. The molecule has 0 aromatic heterocycles. The number of carbonyl (C=O) groups excluding carboxylic acids is 2. The lowest BCUT2D eigenvalue weighted by Gasteiger charge is -2.32. The molecule has 106 valence electrons. The minimum atomic E-state index is -0.362. The van der Waals surface area contributed by atoms with Crippen molar-refractivity contribution in [2.24, 2.45) is 5.41 Å². The summed E-state index contributed by atoms with van der Waals surface area (Å²) in [5, 5.41) is 14.0. The first kappa shape index (κ1) is 13.1. The van der Waals surface area contributed by atoms with Gasteiger partial charge in [-0.15, -0.1) is 0 Å². The van der Waals surface area contributed by atoms with Gasteiger partial charge in [-0.25, -0.2) is 0 Å². The van der Waals surface area contributed by atoms with Crippen molar-refractivity contribution in [1.29, 1.82) is 0 Å². The lowest BCUT2D eigenvalue weighted by Crippen LogP contribution is -2.36. The Balaban J connectivity index is 1.86. The monoisotopic (exact) mass is 274 g/mol. The normalized spacial score (nSPS) is 24.4. The van der Waals surface area contributed by atoms with Crippen LogP contribution in [0.1, 0.15) is 34.3 Å².